The second-order valence-electron chi connectivity index (χ2n) is 4.49. The Hall–Kier alpha value is -3.32. The molecule has 0 aliphatic rings. The smallest absolute Gasteiger partial charge is 0.237 e. The van der Waals surface area contributed by atoms with Gasteiger partial charge in [0.1, 0.15) is 24.5 Å². The quantitative estimate of drug-likeness (QED) is 0.672. The first-order valence-corrected chi connectivity index (χ1v) is 6.49. The van der Waals surface area contributed by atoms with Gasteiger partial charge in [-0.2, -0.15) is 20.7 Å². The molecular weight excluding hydrogens is 280 g/mol. The number of para-hydroxylation sites is 2. The van der Waals surface area contributed by atoms with Gasteiger partial charge in [-0.25, -0.2) is 0 Å². The van der Waals surface area contributed by atoms with E-state index in [4.69, 9.17) is 15.3 Å². The maximum atomic E-state index is 8.67. The number of nitrogens with zero attached hydrogens (tertiary/aromatic N) is 5. The van der Waals surface area contributed by atoms with Gasteiger partial charge in [-0.3, -0.25) is 10.1 Å². The van der Waals surface area contributed by atoms with Crippen LogP contribution in [0, 0.1) is 29.6 Å². The predicted molar refractivity (Wildman–Crippen MR) is 81.0 cm³/mol. The summed E-state index contributed by atoms with van der Waals surface area (Å²) in [5.74, 6) is 0.574. The molecule has 1 aromatic carbocycles. The minimum absolute atomic E-state index is 0.252. The molecule has 2 rings (SSSR count). The SMILES string of the molecule is Cc1nn(C)cc1COc1ccccc1NN=C(C#N)C#N. The lowest BCUT2D eigenvalue weighted by molar-refractivity contribution is 0.307. The Morgan fingerprint density at radius 3 is 2.73 bits per heavy atom. The summed E-state index contributed by atoms with van der Waals surface area (Å²) in [6.07, 6.45) is 1.90. The molecule has 0 fully saturated rings. The molecule has 0 aliphatic heterocycles. The largest absolute Gasteiger partial charge is 0.487 e. The molecule has 2 aromatic rings. The molecule has 0 bridgehead atoms. The summed E-state index contributed by atoms with van der Waals surface area (Å²) in [4.78, 5) is 0. The molecule has 1 aromatic heterocycles. The van der Waals surface area contributed by atoms with Crippen molar-refractivity contribution in [2.45, 2.75) is 13.5 Å². The number of anilines is 1. The molecule has 110 valence electrons. The summed E-state index contributed by atoms with van der Waals surface area (Å²) in [7, 11) is 1.85. The number of ether oxygens (including phenoxy) is 1. The summed E-state index contributed by atoms with van der Waals surface area (Å²) in [5.41, 5.74) is 4.88. The first kappa shape index (κ1) is 15.1. The van der Waals surface area contributed by atoms with Gasteiger partial charge < -0.3 is 4.74 Å². The molecule has 0 atom stereocenters. The van der Waals surface area contributed by atoms with Gasteiger partial charge in [0, 0.05) is 18.8 Å². The molecule has 0 spiro atoms. The molecule has 0 unspecified atom stereocenters. The highest BCUT2D eigenvalue weighted by molar-refractivity contribution is 6.10. The van der Waals surface area contributed by atoms with Gasteiger partial charge in [-0.1, -0.05) is 12.1 Å². The van der Waals surface area contributed by atoms with Crippen molar-refractivity contribution >= 4 is 11.4 Å². The van der Waals surface area contributed by atoms with Crippen molar-refractivity contribution in [1.29, 1.82) is 10.5 Å². The predicted octanol–water partition coefficient (Wildman–Crippen LogP) is 2.12. The van der Waals surface area contributed by atoms with Crippen LogP contribution in [-0.2, 0) is 13.7 Å². The Morgan fingerprint density at radius 2 is 2.09 bits per heavy atom. The number of benzene rings is 1. The Morgan fingerprint density at radius 1 is 1.36 bits per heavy atom. The van der Waals surface area contributed by atoms with E-state index in [1.807, 2.05) is 26.2 Å². The monoisotopic (exact) mass is 294 g/mol. The van der Waals surface area contributed by atoms with E-state index in [0.29, 0.717) is 18.0 Å². The zero-order chi connectivity index (χ0) is 15.9. The van der Waals surface area contributed by atoms with Crippen LogP contribution in [0.1, 0.15) is 11.3 Å². The van der Waals surface area contributed by atoms with Crippen LogP contribution in [0.15, 0.2) is 35.6 Å². The second-order valence-corrected chi connectivity index (χ2v) is 4.49. The van der Waals surface area contributed by atoms with Crippen molar-refractivity contribution in [3.63, 3.8) is 0 Å². The average Bonchev–Trinajstić information content (AvgIpc) is 2.85. The van der Waals surface area contributed by atoms with Crippen LogP contribution in [0.3, 0.4) is 0 Å². The topological polar surface area (TPSA) is 99.0 Å². The third-order valence-electron chi connectivity index (χ3n) is 2.89. The average molecular weight is 294 g/mol. The summed E-state index contributed by atoms with van der Waals surface area (Å²) in [6.45, 7) is 2.28. The molecule has 7 heteroatoms. The lowest BCUT2D eigenvalue weighted by Gasteiger charge is -2.10. The van der Waals surface area contributed by atoms with Gasteiger partial charge in [-0.15, -0.1) is 0 Å². The van der Waals surface area contributed by atoms with Gasteiger partial charge >= 0.3 is 0 Å². The number of aryl methyl sites for hydroxylation is 2. The van der Waals surface area contributed by atoms with Gasteiger partial charge in [0.25, 0.3) is 0 Å². The first-order chi connectivity index (χ1) is 10.6. The summed E-state index contributed by atoms with van der Waals surface area (Å²) in [6, 6.07) is 10.5. The number of hydrazone groups is 1. The van der Waals surface area contributed by atoms with Gasteiger partial charge in [0.05, 0.1) is 11.4 Å². The number of aromatic nitrogens is 2. The van der Waals surface area contributed by atoms with Crippen molar-refractivity contribution in [2.24, 2.45) is 12.1 Å². The molecule has 0 amide bonds. The van der Waals surface area contributed by atoms with E-state index in [1.54, 1.807) is 35.0 Å². The lowest BCUT2D eigenvalue weighted by Crippen LogP contribution is -2.01. The second kappa shape index (κ2) is 6.91. The Kier molecular flexibility index (Phi) is 4.74. The number of nitriles is 2. The molecular formula is C15H14N6O. The van der Waals surface area contributed by atoms with Crippen molar-refractivity contribution in [3.05, 3.63) is 41.7 Å². The third-order valence-corrected chi connectivity index (χ3v) is 2.89. The third kappa shape index (κ3) is 3.62. The van der Waals surface area contributed by atoms with Crippen molar-refractivity contribution in [3.8, 4) is 17.9 Å². The van der Waals surface area contributed by atoms with Crippen LogP contribution < -0.4 is 10.2 Å². The highest BCUT2D eigenvalue weighted by Gasteiger charge is 2.07. The van der Waals surface area contributed by atoms with Crippen molar-refractivity contribution in [2.75, 3.05) is 5.43 Å². The summed E-state index contributed by atoms with van der Waals surface area (Å²) < 4.78 is 7.50. The molecule has 0 saturated carbocycles. The molecule has 0 aliphatic carbocycles. The van der Waals surface area contributed by atoms with Crippen LogP contribution >= 0.6 is 0 Å². The molecule has 1 N–H and O–H groups in total. The lowest BCUT2D eigenvalue weighted by atomic mass is 10.2. The van der Waals surface area contributed by atoms with E-state index in [9.17, 15) is 0 Å². The normalized spacial score (nSPS) is 9.45. The van der Waals surface area contributed by atoms with Crippen LogP contribution in [0.5, 0.6) is 5.75 Å². The van der Waals surface area contributed by atoms with E-state index in [2.05, 4.69) is 15.6 Å². The van der Waals surface area contributed by atoms with Crippen LogP contribution in [0.2, 0.25) is 0 Å². The number of hydrogen-bond acceptors (Lipinski definition) is 6. The van der Waals surface area contributed by atoms with Crippen LogP contribution in [0.25, 0.3) is 0 Å². The minimum atomic E-state index is -0.252. The molecule has 0 radical (unpaired) electrons. The minimum Gasteiger partial charge on any atom is -0.487 e. The summed E-state index contributed by atoms with van der Waals surface area (Å²) in [5, 5.41) is 25.3. The van der Waals surface area contributed by atoms with E-state index >= 15 is 0 Å². The highest BCUT2D eigenvalue weighted by atomic mass is 16.5. The van der Waals surface area contributed by atoms with Gasteiger partial charge in [-0.05, 0) is 19.1 Å². The first-order valence-electron chi connectivity index (χ1n) is 6.49. The molecule has 7 nitrogen and oxygen atoms in total. The molecule has 1 heterocycles. The van der Waals surface area contributed by atoms with Crippen molar-refractivity contribution < 1.29 is 4.74 Å². The van der Waals surface area contributed by atoms with Crippen LogP contribution in [0.4, 0.5) is 5.69 Å². The van der Waals surface area contributed by atoms with E-state index in [1.165, 1.54) is 0 Å². The Labute approximate surface area is 128 Å². The van der Waals surface area contributed by atoms with Gasteiger partial charge in [0.15, 0.2) is 0 Å². The van der Waals surface area contributed by atoms with E-state index < -0.39 is 0 Å². The zero-order valence-electron chi connectivity index (χ0n) is 12.2. The standard InChI is InChI=1S/C15H14N6O/c1-11-12(9-21(2)20-11)10-22-15-6-4-3-5-14(15)19-18-13(7-16)8-17/h3-6,9,19H,10H2,1-2H3. The zero-order valence-corrected chi connectivity index (χ0v) is 12.2. The summed E-state index contributed by atoms with van der Waals surface area (Å²) >= 11 is 0. The van der Waals surface area contributed by atoms with Crippen LogP contribution in [-0.4, -0.2) is 15.5 Å². The Bertz CT molecular complexity index is 762. The fraction of sp³-hybridized carbons (Fsp3) is 0.200. The number of hydrogen-bond donors (Lipinski definition) is 1. The maximum Gasteiger partial charge on any atom is 0.237 e. The van der Waals surface area contributed by atoms with Crippen molar-refractivity contribution in [1.82, 2.24) is 9.78 Å². The fourth-order valence-electron chi connectivity index (χ4n) is 1.82. The molecule has 0 saturated heterocycles. The number of rotatable bonds is 5. The van der Waals surface area contributed by atoms with E-state index in [0.717, 1.165) is 11.3 Å². The number of nitrogens with one attached hydrogen (secondary N) is 1. The molecule has 22 heavy (non-hydrogen) atoms. The van der Waals surface area contributed by atoms with E-state index in [-0.39, 0.29) is 5.71 Å². The fourth-order valence-corrected chi connectivity index (χ4v) is 1.82. The van der Waals surface area contributed by atoms with Gasteiger partial charge in [0.2, 0.25) is 5.71 Å². The highest BCUT2D eigenvalue weighted by Crippen LogP contribution is 2.25. The Balaban J connectivity index is 2.12. The maximum absolute atomic E-state index is 8.67.